The highest BCUT2D eigenvalue weighted by Crippen LogP contribution is 2.43. The maximum Gasteiger partial charge on any atom is 0.408 e. The van der Waals surface area contributed by atoms with Crippen LogP contribution in [0.1, 0.15) is 104 Å². The minimum absolute atomic E-state index is 0.0364. The summed E-state index contributed by atoms with van der Waals surface area (Å²) in [4.78, 5) is 49.2. The van der Waals surface area contributed by atoms with Crippen molar-refractivity contribution in [2.24, 2.45) is 5.41 Å². The molecule has 0 bridgehead atoms. The highest BCUT2D eigenvalue weighted by atomic mass is 16.6. The molecule has 2 atom stereocenters. The van der Waals surface area contributed by atoms with Crippen molar-refractivity contribution in [3.8, 4) is 22.4 Å². The van der Waals surface area contributed by atoms with Gasteiger partial charge in [-0.1, -0.05) is 58.0 Å². The second-order valence-electron chi connectivity index (χ2n) is 19.6. The van der Waals surface area contributed by atoms with Gasteiger partial charge in [0.2, 0.25) is 0 Å². The van der Waals surface area contributed by atoms with E-state index in [0.717, 1.165) is 89.0 Å². The third-order valence-corrected chi connectivity index (χ3v) is 12.5. The Hall–Kier alpha value is -4.98. The Morgan fingerprint density at radius 3 is 2.32 bits per heavy atom. The number of benzene rings is 2. The number of anilines is 1. The van der Waals surface area contributed by atoms with Crippen molar-refractivity contribution in [2.75, 3.05) is 44.2 Å². The molecular weight excluding hydrogens is 783 g/mol. The van der Waals surface area contributed by atoms with Gasteiger partial charge in [0.25, 0.3) is 5.91 Å². The van der Waals surface area contributed by atoms with E-state index in [1.165, 1.54) is 23.4 Å². The molecule has 2 aromatic carbocycles. The number of piperazine rings is 1. The number of fused-ring (bicyclic) bond motifs is 1. The number of carboxylic acids is 1. The molecule has 334 valence electrons. The lowest BCUT2D eigenvalue weighted by atomic mass is 9.84. The number of carboxylic acid groups (broad SMARTS) is 1. The largest absolute Gasteiger partial charge is 0.480 e. The van der Waals surface area contributed by atoms with Gasteiger partial charge in [-0.3, -0.25) is 24.5 Å². The van der Waals surface area contributed by atoms with Gasteiger partial charge in [0.05, 0.1) is 23.3 Å². The van der Waals surface area contributed by atoms with E-state index in [1.54, 1.807) is 20.8 Å². The second kappa shape index (κ2) is 18.4. The van der Waals surface area contributed by atoms with E-state index in [0.29, 0.717) is 25.8 Å². The Morgan fingerprint density at radius 2 is 1.68 bits per heavy atom. The number of aromatic nitrogens is 2. The number of hydrogen-bond acceptors (Lipinski definition) is 9. The van der Waals surface area contributed by atoms with E-state index in [-0.39, 0.29) is 18.9 Å². The molecule has 2 aliphatic heterocycles. The van der Waals surface area contributed by atoms with Crippen LogP contribution in [-0.2, 0) is 33.7 Å². The Balaban J connectivity index is 1.27. The summed E-state index contributed by atoms with van der Waals surface area (Å²) in [5.74, 6) is -1.27. The van der Waals surface area contributed by atoms with E-state index in [4.69, 9.17) is 9.72 Å². The van der Waals surface area contributed by atoms with Crippen LogP contribution in [0.15, 0.2) is 54.7 Å². The minimum Gasteiger partial charge on any atom is -0.480 e. The number of amides is 2. The lowest BCUT2D eigenvalue weighted by Crippen LogP contribution is -2.60. The molecule has 13 heteroatoms. The van der Waals surface area contributed by atoms with E-state index in [1.807, 2.05) is 18.2 Å². The number of hydrogen-bond donors (Lipinski definition) is 4. The Morgan fingerprint density at radius 1 is 0.952 bits per heavy atom. The molecule has 0 radical (unpaired) electrons. The van der Waals surface area contributed by atoms with Crippen LogP contribution in [0.5, 0.6) is 0 Å². The van der Waals surface area contributed by atoms with E-state index < -0.39 is 41.1 Å². The summed E-state index contributed by atoms with van der Waals surface area (Å²) in [6.45, 7) is 21.3. The third-order valence-electron chi connectivity index (χ3n) is 12.5. The lowest BCUT2D eigenvalue weighted by Gasteiger charge is -2.36. The maximum atomic E-state index is 14.0. The first kappa shape index (κ1) is 45.1. The van der Waals surface area contributed by atoms with Crippen LogP contribution in [0, 0.1) is 5.41 Å². The van der Waals surface area contributed by atoms with Crippen LogP contribution in [0.4, 0.5) is 10.5 Å². The summed E-state index contributed by atoms with van der Waals surface area (Å²) in [5, 5.41) is 25.6. The zero-order chi connectivity index (χ0) is 44.5. The number of hydrazine groups is 1. The smallest absolute Gasteiger partial charge is 0.408 e. The fraction of sp³-hybridized carbons (Fsp3) is 0.551. The first-order valence-corrected chi connectivity index (χ1v) is 22.6. The number of nitrogens with zero attached hydrogens (tertiary/aromatic N) is 5. The fourth-order valence-corrected chi connectivity index (χ4v) is 9.10. The molecule has 0 unspecified atom stereocenters. The van der Waals surface area contributed by atoms with Gasteiger partial charge < -0.3 is 29.7 Å². The summed E-state index contributed by atoms with van der Waals surface area (Å²) in [5.41, 5.74) is 11.2. The summed E-state index contributed by atoms with van der Waals surface area (Å²) in [6.07, 6.45) is 5.71. The van der Waals surface area contributed by atoms with E-state index in [9.17, 15) is 24.6 Å². The molecule has 2 aromatic heterocycles. The van der Waals surface area contributed by atoms with Crippen LogP contribution in [0.3, 0.4) is 0 Å². The molecule has 7 rings (SSSR count). The topological polar surface area (TPSA) is 152 Å². The van der Waals surface area contributed by atoms with Crippen molar-refractivity contribution in [2.45, 2.75) is 130 Å². The zero-order valence-electron chi connectivity index (χ0n) is 38.0. The SMILES string of the molecule is CCn1c(-c2cc(N3CCN(C4CC4)CC3)cnc2C(C)C)c(CC(C)(C)CO)c2cc(-c3cccc(C[C@H](NC(=O)OC(C)(C)C)C(=O)N4CCC[C@@H](C(=O)O)N4)c3)ccc21. The van der Waals surface area contributed by atoms with Crippen molar-refractivity contribution in [3.05, 3.63) is 71.5 Å². The number of nitrogens with one attached hydrogen (secondary N) is 2. The first-order chi connectivity index (χ1) is 29.4. The fourth-order valence-electron chi connectivity index (χ4n) is 9.10. The lowest BCUT2D eigenvalue weighted by molar-refractivity contribution is -0.147. The van der Waals surface area contributed by atoms with Gasteiger partial charge in [0, 0.05) is 74.8 Å². The van der Waals surface area contributed by atoms with Crippen LogP contribution < -0.4 is 15.6 Å². The Bertz CT molecular complexity index is 2270. The quantitative estimate of drug-likeness (QED) is 0.101. The van der Waals surface area contributed by atoms with Crippen molar-refractivity contribution >= 4 is 34.6 Å². The standard InChI is InChI=1S/C49H67N7O6/c1-9-55-42-18-15-34(33-13-10-12-32(24-33)25-41(51-47(61)62-48(4,5)6)45(58)56-19-11-14-40(52-56)46(59)60)26-37(42)39(28-49(7,8)30-57)44(55)38-27-36(29-50-43(38)31(2)3)54-22-20-53(21-23-54)35-16-17-35/h10,12-13,15,18,24,26-27,29,31,35,40-41,52,57H,9,11,14,16-17,19-23,25,28,30H2,1-8H3,(H,51,61)(H,59,60)/t40-,41-/m0/s1. The third kappa shape index (κ3) is 10.3. The molecule has 2 saturated heterocycles. The number of rotatable bonds is 14. The van der Waals surface area contributed by atoms with Gasteiger partial charge in [-0.15, -0.1) is 0 Å². The molecule has 1 aliphatic carbocycles. The molecule has 13 nitrogen and oxygen atoms in total. The molecular formula is C49H67N7O6. The number of carbonyl (C=O) groups excluding carboxylic acids is 2. The van der Waals surface area contributed by atoms with Gasteiger partial charge in [0.15, 0.2) is 0 Å². The van der Waals surface area contributed by atoms with E-state index >= 15 is 0 Å². The molecule has 4 aromatic rings. The Kier molecular flexibility index (Phi) is 13.4. The van der Waals surface area contributed by atoms with Gasteiger partial charge in [-0.2, -0.15) is 0 Å². The number of pyridine rings is 1. The zero-order valence-corrected chi connectivity index (χ0v) is 38.0. The molecule has 3 fully saturated rings. The summed E-state index contributed by atoms with van der Waals surface area (Å²) in [6, 6.07) is 15.8. The number of carbonyl (C=O) groups is 3. The summed E-state index contributed by atoms with van der Waals surface area (Å²) < 4.78 is 7.97. The van der Waals surface area contributed by atoms with Gasteiger partial charge in [-0.05, 0) is 112 Å². The maximum absolute atomic E-state index is 14.0. The average Bonchev–Trinajstić information content (AvgIpc) is 4.05. The molecule has 0 spiro atoms. The van der Waals surface area contributed by atoms with Crippen molar-refractivity contribution in [3.63, 3.8) is 0 Å². The normalized spacial score (nSPS) is 18.3. The highest BCUT2D eigenvalue weighted by molar-refractivity contribution is 5.96. The number of alkyl carbamates (subject to hydrolysis) is 1. The number of aliphatic hydroxyl groups excluding tert-OH is 1. The van der Waals surface area contributed by atoms with Crippen molar-refractivity contribution < 1.29 is 29.3 Å². The van der Waals surface area contributed by atoms with Crippen molar-refractivity contribution in [1.82, 2.24) is 30.2 Å². The molecule has 2 amide bonds. The first-order valence-electron chi connectivity index (χ1n) is 22.6. The van der Waals surface area contributed by atoms with Crippen LogP contribution in [0.25, 0.3) is 33.3 Å². The summed E-state index contributed by atoms with van der Waals surface area (Å²) >= 11 is 0. The molecule has 1 saturated carbocycles. The number of ether oxygens (including phenoxy) is 1. The average molecular weight is 850 g/mol. The number of aliphatic carboxylic acids is 1. The van der Waals surface area contributed by atoms with Crippen LogP contribution >= 0.6 is 0 Å². The van der Waals surface area contributed by atoms with Gasteiger partial charge >= 0.3 is 12.1 Å². The molecule has 62 heavy (non-hydrogen) atoms. The highest BCUT2D eigenvalue weighted by Gasteiger charge is 2.35. The predicted molar refractivity (Wildman–Crippen MR) is 244 cm³/mol. The van der Waals surface area contributed by atoms with Gasteiger partial charge in [-0.25, -0.2) is 10.2 Å². The number of aryl methyl sites for hydroxylation is 1. The summed E-state index contributed by atoms with van der Waals surface area (Å²) in [7, 11) is 0. The predicted octanol–water partition coefficient (Wildman–Crippen LogP) is 7.38. The van der Waals surface area contributed by atoms with E-state index in [2.05, 4.69) is 96.3 Å². The second-order valence-corrected chi connectivity index (χ2v) is 19.6. The van der Waals surface area contributed by atoms with Gasteiger partial charge in [0.1, 0.15) is 17.7 Å². The molecule has 4 heterocycles. The number of aliphatic hydroxyl groups is 1. The van der Waals surface area contributed by atoms with Crippen molar-refractivity contribution in [1.29, 1.82) is 0 Å². The molecule has 3 aliphatic rings. The van der Waals surface area contributed by atoms with Crippen LogP contribution in [0.2, 0.25) is 0 Å². The minimum atomic E-state index is -1.03. The Labute approximate surface area is 366 Å². The molecule has 4 N–H and O–H groups in total. The van der Waals surface area contributed by atoms with Crippen LogP contribution in [-0.4, -0.2) is 111 Å². The monoisotopic (exact) mass is 850 g/mol.